The summed E-state index contributed by atoms with van der Waals surface area (Å²) in [4.78, 5) is 9.43. The van der Waals surface area contributed by atoms with Crippen LogP contribution in [-0.4, -0.2) is 9.97 Å². The van der Waals surface area contributed by atoms with Gasteiger partial charge in [0.15, 0.2) is 0 Å². The molecule has 3 rings (SSSR count). The number of rotatable bonds is 2. The molecule has 2 aliphatic rings. The van der Waals surface area contributed by atoms with Gasteiger partial charge in [0.25, 0.3) is 0 Å². The minimum atomic E-state index is 0.687. The minimum Gasteiger partial charge on any atom is -0.257 e. The van der Waals surface area contributed by atoms with Crippen molar-refractivity contribution in [3.8, 4) is 0 Å². The van der Waals surface area contributed by atoms with Crippen molar-refractivity contribution in [3.05, 3.63) is 23.8 Å². The second kappa shape index (κ2) is 5.81. The van der Waals surface area contributed by atoms with E-state index in [9.17, 15) is 0 Å². The molecule has 18 heavy (non-hydrogen) atoms. The molecule has 0 unspecified atom stereocenters. The van der Waals surface area contributed by atoms with Gasteiger partial charge in [0.05, 0.1) is 11.4 Å². The third-order valence-corrected chi connectivity index (χ3v) is 4.74. The molecule has 0 spiro atoms. The molecule has 0 bridgehead atoms. The van der Waals surface area contributed by atoms with Crippen molar-refractivity contribution in [2.24, 2.45) is 0 Å². The molecule has 2 nitrogen and oxygen atoms in total. The quantitative estimate of drug-likeness (QED) is 0.761. The summed E-state index contributed by atoms with van der Waals surface area (Å²) in [5.74, 6) is 1.37. The molecule has 1 aromatic heterocycles. The van der Waals surface area contributed by atoms with E-state index in [-0.39, 0.29) is 0 Å². The van der Waals surface area contributed by atoms with Gasteiger partial charge in [-0.25, -0.2) is 0 Å². The van der Waals surface area contributed by atoms with Crippen LogP contribution in [0.2, 0.25) is 0 Å². The number of hydrogen-bond acceptors (Lipinski definition) is 2. The zero-order valence-corrected chi connectivity index (χ0v) is 11.3. The summed E-state index contributed by atoms with van der Waals surface area (Å²) in [5, 5.41) is 0. The maximum atomic E-state index is 4.72. The van der Waals surface area contributed by atoms with Crippen molar-refractivity contribution in [2.45, 2.75) is 76.0 Å². The first kappa shape index (κ1) is 12.1. The summed E-state index contributed by atoms with van der Waals surface area (Å²) in [6.45, 7) is 0. The SMILES string of the molecule is c1nc(C2CCCCC2)cnc1C1CCCCC1. The lowest BCUT2D eigenvalue weighted by Gasteiger charge is -2.23. The maximum absolute atomic E-state index is 4.72. The lowest BCUT2D eigenvalue weighted by molar-refractivity contribution is 0.426. The van der Waals surface area contributed by atoms with Crippen LogP contribution in [-0.2, 0) is 0 Å². The Labute approximate surface area is 110 Å². The van der Waals surface area contributed by atoms with Crippen molar-refractivity contribution >= 4 is 0 Å². The van der Waals surface area contributed by atoms with Crippen LogP contribution in [0.25, 0.3) is 0 Å². The van der Waals surface area contributed by atoms with Crippen LogP contribution in [0.4, 0.5) is 0 Å². The minimum absolute atomic E-state index is 0.687. The Morgan fingerprint density at radius 2 is 1.00 bits per heavy atom. The molecule has 2 aliphatic carbocycles. The van der Waals surface area contributed by atoms with Gasteiger partial charge in [-0.3, -0.25) is 9.97 Å². The monoisotopic (exact) mass is 244 g/mol. The van der Waals surface area contributed by atoms with E-state index in [2.05, 4.69) is 12.4 Å². The Morgan fingerprint density at radius 3 is 1.33 bits per heavy atom. The Balaban J connectivity index is 1.67. The van der Waals surface area contributed by atoms with Gasteiger partial charge in [-0.1, -0.05) is 38.5 Å². The molecular formula is C16H24N2. The van der Waals surface area contributed by atoms with Crippen LogP contribution in [0.3, 0.4) is 0 Å². The van der Waals surface area contributed by atoms with E-state index in [0.29, 0.717) is 11.8 Å². The molecule has 1 heterocycles. The van der Waals surface area contributed by atoms with Crippen LogP contribution in [0.5, 0.6) is 0 Å². The van der Waals surface area contributed by atoms with Crippen LogP contribution < -0.4 is 0 Å². The Kier molecular flexibility index (Phi) is 3.92. The van der Waals surface area contributed by atoms with Gasteiger partial charge >= 0.3 is 0 Å². The van der Waals surface area contributed by atoms with Crippen LogP contribution in [0, 0.1) is 0 Å². The number of hydrogen-bond donors (Lipinski definition) is 0. The van der Waals surface area contributed by atoms with Gasteiger partial charge in [-0.05, 0) is 25.7 Å². The van der Waals surface area contributed by atoms with Crippen LogP contribution in [0.1, 0.15) is 87.4 Å². The van der Waals surface area contributed by atoms with E-state index in [1.54, 1.807) is 0 Å². The van der Waals surface area contributed by atoms with Crippen molar-refractivity contribution < 1.29 is 0 Å². The first-order valence-electron chi connectivity index (χ1n) is 7.75. The highest BCUT2D eigenvalue weighted by molar-refractivity contribution is 5.11. The van der Waals surface area contributed by atoms with Crippen molar-refractivity contribution in [2.75, 3.05) is 0 Å². The van der Waals surface area contributed by atoms with Gasteiger partial charge in [0.1, 0.15) is 0 Å². The molecule has 0 atom stereocenters. The third-order valence-electron chi connectivity index (χ3n) is 4.74. The average molecular weight is 244 g/mol. The first-order chi connectivity index (χ1) is 8.93. The van der Waals surface area contributed by atoms with Crippen molar-refractivity contribution in [1.29, 1.82) is 0 Å². The maximum Gasteiger partial charge on any atom is 0.0617 e. The normalized spacial score (nSPS) is 23.1. The van der Waals surface area contributed by atoms with E-state index in [4.69, 9.17) is 9.97 Å². The molecule has 2 heteroatoms. The summed E-state index contributed by atoms with van der Waals surface area (Å²) < 4.78 is 0. The van der Waals surface area contributed by atoms with E-state index in [0.717, 1.165) is 0 Å². The zero-order valence-electron chi connectivity index (χ0n) is 11.3. The van der Waals surface area contributed by atoms with Gasteiger partial charge in [0, 0.05) is 24.2 Å². The van der Waals surface area contributed by atoms with E-state index >= 15 is 0 Å². The highest BCUT2D eigenvalue weighted by atomic mass is 14.8. The lowest BCUT2D eigenvalue weighted by Crippen LogP contribution is -2.10. The molecular weight excluding hydrogens is 220 g/mol. The Hall–Kier alpha value is -0.920. The molecule has 0 radical (unpaired) electrons. The first-order valence-corrected chi connectivity index (χ1v) is 7.75. The summed E-state index contributed by atoms with van der Waals surface area (Å²) in [6, 6.07) is 0. The van der Waals surface area contributed by atoms with Gasteiger partial charge in [-0.15, -0.1) is 0 Å². The Bertz CT molecular complexity index is 322. The molecule has 0 aliphatic heterocycles. The molecule has 2 fully saturated rings. The molecule has 0 saturated heterocycles. The fraction of sp³-hybridized carbons (Fsp3) is 0.750. The second-order valence-electron chi connectivity index (χ2n) is 6.04. The molecule has 0 aromatic carbocycles. The number of nitrogens with zero attached hydrogens (tertiary/aromatic N) is 2. The van der Waals surface area contributed by atoms with Gasteiger partial charge in [0.2, 0.25) is 0 Å². The fourth-order valence-electron chi connectivity index (χ4n) is 3.57. The second-order valence-corrected chi connectivity index (χ2v) is 6.04. The predicted molar refractivity (Wildman–Crippen MR) is 73.7 cm³/mol. The summed E-state index contributed by atoms with van der Waals surface area (Å²) in [5.41, 5.74) is 2.49. The molecule has 0 amide bonds. The van der Waals surface area contributed by atoms with Crippen LogP contribution >= 0.6 is 0 Å². The summed E-state index contributed by atoms with van der Waals surface area (Å²) in [7, 11) is 0. The summed E-state index contributed by atoms with van der Waals surface area (Å²) >= 11 is 0. The highest BCUT2D eigenvalue weighted by Crippen LogP contribution is 2.33. The van der Waals surface area contributed by atoms with Gasteiger partial charge in [-0.2, -0.15) is 0 Å². The topological polar surface area (TPSA) is 25.8 Å². The predicted octanol–water partition coefficient (Wildman–Crippen LogP) is 4.57. The van der Waals surface area contributed by atoms with E-state index in [1.807, 2.05) is 0 Å². The van der Waals surface area contributed by atoms with Crippen molar-refractivity contribution in [3.63, 3.8) is 0 Å². The van der Waals surface area contributed by atoms with E-state index < -0.39 is 0 Å². The number of aromatic nitrogens is 2. The van der Waals surface area contributed by atoms with E-state index in [1.165, 1.54) is 75.6 Å². The van der Waals surface area contributed by atoms with Crippen LogP contribution in [0.15, 0.2) is 12.4 Å². The standard InChI is InChI=1S/C16H24N2/c1-3-7-13(8-4-1)15-11-18-16(12-17-15)14-9-5-2-6-10-14/h11-14H,1-10H2. The molecule has 98 valence electrons. The molecule has 0 N–H and O–H groups in total. The molecule has 2 saturated carbocycles. The highest BCUT2D eigenvalue weighted by Gasteiger charge is 2.20. The summed E-state index contributed by atoms with van der Waals surface area (Å²) in [6.07, 6.45) is 17.7. The largest absolute Gasteiger partial charge is 0.257 e. The van der Waals surface area contributed by atoms with Gasteiger partial charge < -0.3 is 0 Å². The fourth-order valence-corrected chi connectivity index (χ4v) is 3.57. The zero-order chi connectivity index (χ0) is 12.2. The smallest absolute Gasteiger partial charge is 0.0617 e. The third kappa shape index (κ3) is 2.73. The lowest BCUT2D eigenvalue weighted by atomic mass is 9.86. The average Bonchev–Trinajstić information content (AvgIpc) is 2.49. The molecule has 1 aromatic rings. The Morgan fingerprint density at radius 1 is 0.611 bits per heavy atom. The van der Waals surface area contributed by atoms with Crippen molar-refractivity contribution in [1.82, 2.24) is 9.97 Å².